The molecule has 0 spiro atoms. The molecule has 2 N–H and O–H groups in total. The van der Waals surface area contributed by atoms with E-state index < -0.39 is 5.82 Å². The van der Waals surface area contributed by atoms with Gasteiger partial charge in [0.25, 0.3) is 5.91 Å². The number of para-hydroxylation sites is 1. The van der Waals surface area contributed by atoms with Crippen LogP contribution in [0.3, 0.4) is 0 Å². The average molecular weight is 294 g/mol. The number of amides is 1. The Bertz CT molecular complexity index is 648. The summed E-state index contributed by atoms with van der Waals surface area (Å²) in [5, 5.41) is 0.195. The molecule has 2 rings (SSSR count). The number of hydrogen-bond donors (Lipinski definition) is 1. The Morgan fingerprint density at radius 2 is 2.15 bits per heavy atom. The van der Waals surface area contributed by atoms with E-state index in [-0.39, 0.29) is 28.0 Å². The Kier molecular flexibility index (Phi) is 4.20. The Morgan fingerprint density at radius 1 is 1.45 bits per heavy atom. The molecule has 0 aliphatic carbocycles. The third-order valence-corrected chi connectivity index (χ3v) is 3.12. The maximum absolute atomic E-state index is 13.8. The van der Waals surface area contributed by atoms with Crippen LogP contribution in [0.1, 0.15) is 17.3 Å². The van der Waals surface area contributed by atoms with E-state index in [1.54, 1.807) is 25.1 Å². The SMILES string of the molecule is CCN(C(=O)c1cnc(N)c(Cl)c1)c1ccccc1F. The van der Waals surface area contributed by atoms with Gasteiger partial charge in [-0.05, 0) is 25.1 Å². The van der Waals surface area contributed by atoms with Gasteiger partial charge in [0.05, 0.1) is 16.3 Å². The smallest absolute Gasteiger partial charge is 0.259 e. The monoisotopic (exact) mass is 293 g/mol. The zero-order chi connectivity index (χ0) is 14.7. The summed E-state index contributed by atoms with van der Waals surface area (Å²) in [7, 11) is 0. The predicted molar refractivity (Wildman–Crippen MR) is 77.4 cm³/mol. The van der Waals surface area contributed by atoms with E-state index in [1.165, 1.54) is 23.2 Å². The van der Waals surface area contributed by atoms with Gasteiger partial charge in [0.2, 0.25) is 0 Å². The Balaban J connectivity index is 2.39. The van der Waals surface area contributed by atoms with Gasteiger partial charge in [0, 0.05) is 12.7 Å². The van der Waals surface area contributed by atoms with Gasteiger partial charge in [0.1, 0.15) is 11.6 Å². The van der Waals surface area contributed by atoms with Crippen LogP contribution in [0.25, 0.3) is 0 Å². The van der Waals surface area contributed by atoms with Crippen molar-refractivity contribution >= 4 is 29.0 Å². The molecule has 0 atom stereocenters. The molecule has 20 heavy (non-hydrogen) atoms. The van der Waals surface area contributed by atoms with Crippen LogP contribution in [0, 0.1) is 5.82 Å². The van der Waals surface area contributed by atoms with E-state index >= 15 is 0 Å². The highest BCUT2D eigenvalue weighted by Gasteiger charge is 2.19. The van der Waals surface area contributed by atoms with Gasteiger partial charge in [0.15, 0.2) is 0 Å². The standard InChI is InChI=1S/C14H13ClFN3O/c1-2-19(12-6-4-3-5-11(12)16)14(20)9-7-10(15)13(17)18-8-9/h3-8H,2H2,1H3,(H2,17,18). The van der Waals surface area contributed by atoms with E-state index in [4.69, 9.17) is 17.3 Å². The van der Waals surface area contributed by atoms with Crippen LogP contribution in [0.4, 0.5) is 15.9 Å². The molecule has 0 bridgehead atoms. The highest BCUT2D eigenvalue weighted by atomic mass is 35.5. The number of nitrogens with zero attached hydrogens (tertiary/aromatic N) is 2. The molecule has 1 heterocycles. The summed E-state index contributed by atoms with van der Waals surface area (Å²) >= 11 is 5.85. The number of hydrogen-bond acceptors (Lipinski definition) is 3. The minimum Gasteiger partial charge on any atom is -0.382 e. The highest BCUT2D eigenvalue weighted by Crippen LogP contribution is 2.23. The van der Waals surface area contributed by atoms with Gasteiger partial charge in [-0.25, -0.2) is 9.37 Å². The first-order chi connectivity index (χ1) is 9.54. The van der Waals surface area contributed by atoms with Crippen molar-refractivity contribution in [2.75, 3.05) is 17.2 Å². The van der Waals surface area contributed by atoms with Crippen LogP contribution >= 0.6 is 11.6 Å². The zero-order valence-corrected chi connectivity index (χ0v) is 11.6. The molecule has 104 valence electrons. The van der Waals surface area contributed by atoms with Crippen molar-refractivity contribution in [2.24, 2.45) is 0 Å². The lowest BCUT2D eigenvalue weighted by molar-refractivity contribution is 0.0987. The number of pyridine rings is 1. The van der Waals surface area contributed by atoms with Gasteiger partial charge < -0.3 is 10.6 Å². The lowest BCUT2D eigenvalue weighted by Crippen LogP contribution is -2.31. The van der Waals surface area contributed by atoms with Gasteiger partial charge in [-0.15, -0.1) is 0 Å². The number of carbonyl (C=O) groups excluding carboxylic acids is 1. The van der Waals surface area contributed by atoms with Crippen LogP contribution in [0.15, 0.2) is 36.5 Å². The zero-order valence-electron chi connectivity index (χ0n) is 10.8. The highest BCUT2D eigenvalue weighted by molar-refractivity contribution is 6.33. The summed E-state index contributed by atoms with van der Waals surface area (Å²) in [6, 6.07) is 7.51. The number of rotatable bonds is 3. The molecule has 0 fully saturated rings. The third kappa shape index (κ3) is 2.72. The lowest BCUT2D eigenvalue weighted by atomic mass is 10.2. The number of aromatic nitrogens is 1. The molecule has 1 amide bonds. The molecule has 0 unspecified atom stereocenters. The van der Waals surface area contributed by atoms with Crippen LogP contribution in [-0.4, -0.2) is 17.4 Å². The Hall–Kier alpha value is -2.14. The largest absolute Gasteiger partial charge is 0.382 e. The maximum Gasteiger partial charge on any atom is 0.259 e. The number of nitrogen functional groups attached to an aromatic ring is 1. The van der Waals surface area contributed by atoms with Crippen molar-refractivity contribution in [1.29, 1.82) is 0 Å². The van der Waals surface area contributed by atoms with Crippen molar-refractivity contribution in [3.63, 3.8) is 0 Å². The van der Waals surface area contributed by atoms with Crippen molar-refractivity contribution in [3.8, 4) is 0 Å². The topological polar surface area (TPSA) is 59.2 Å². The molecular weight excluding hydrogens is 281 g/mol. The third-order valence-electron chi connectivity index (χ3n) is 2.82. The van der Waals surface area contributed by atoms with Crippen molar-refractivity contribution in [3.05, 3.63) is 52.9 Å². The van der Waals surface area contributed by atoms with Gasteiger partial charge in [-0.3, -0.25) is 4.79 Å². The lowest BCUT2D eigenvalue weighted by Gasteiger charge is -2.21. The molecular formula is C14H13ClFN3O. The van der Waals surface area contributed by atoms with Gasteiger partial charge in [-0.1, -0.05) is 23.7 Å². The minimum absolute atomic E-state index is 0.150. The summed E-state index contributed by atoms with van der Waals surface area (Å²) in [4.78, 5) is 17.6. The first kappa shape index (κ1) is 14.3. The molecule has 1 aromatic heterocycles. The van der Waals surface area contributed by atoms with E-state index in [0.717, 1.165) is 0 Å². The summed E-state index contributed by atoms with van der Waals surface area (Å²) in [5.41, 5.74) is 5.98. The number of nitrogens with two attached hydrogens (primary N) is 1. The van der Waals surface area contributed by atoms with Crippen LogP contribution in [0.5, 0.6) is 0 Å². The van der Waals surface area contributed by atoms with Gasteiger partial charge >= 0.3 is 0 Å². The van der Waals surface area contributed by atoms with Crippen LogP contribution in [-0.2, 0) is 0 Å². The number of halogens is 2. The average Bonchev–Trinajstić information content (AvgIpc) is 2.44. The molecule has 0 saturated carbocycles. The fourth-order valence-corrected chi connectivity index (χ4v) is 1.98. The molecule has 2 aromatic rings. The normalized spacial score (nSPS) is 10.3. The van der Waals surface area contributed by atoms with E-state index in [9.17, 15) is 9.18 Å². The van der Waals surface area contributed by atoms with Crippen molar-refractivity contribution < 1.29 is 9.18 Å². The molecule has 0 radical (unpaired) electrons. The molecule has 4 nitrogen and oxygen atoms in total. The predicted octanol–water partition coefficient (Wildman–Crippen LogP) is 3.12. The second-order valence-electron chi connectivity index (χ2n) is 4.09. The second kappa shape index (κ2) is 5.88. The van der Waals surface area contributed by atoms with E-state index in [0.29, 0.717) is 6.54 Å². The first-order valence-corrected chi connectivity index (χ1v) is 6.39. The molecule has 1 aromatic carbocycles. The Labute approximate surface area is 121 Å². The van der Waals surface area contributed by atoms with Crippen molar-refractivity contribution in [1.82, 2.24) is 4.98 Å². The van der Waals surface area contributed by atoms with E-state index in [1.807, 2.05) is 0 Å². The summed E-state index contributed by atoms with van der Waals surface area (Å²) in [6.07, 6.45) is 1.33. The molecule has 0 saturated heterocycles. The fraction of sp³-hybridized carbons (Fsp3) is 0.143. The number of anilines is 2. The molecule has 0 aliphatic rings. The quantitative estimate of drug-likeness (QED) is 0.946. The summed E-state index contributed by atoms with van der Waals surface area (Å²) in [6.45, 7) is 2.08. The Morgan fingerprint density at radius 3 is 2.75 bits per heavy atom. The maximum atomic E-state index is 13.8. The number of benzene rings is 1. The summed E-state index contributed by atoms with van der Waals surface area (Å²) in [5.74, 6) is -0.693. The van der Waals surface area contributed by atoms with Gasteiger partial charge in [-0.2, -0.15) is 0 Å². The summed E-state index contributed by atoms with van der Waals surface area (Å²) < 4.78 is 13.8. The minimum atomic E-state index is -0.461. The molecule has 0 aliphatic heterocycles. The van der Waals surface area contributed by atoms with E-state index in [2.05, 4.69) is 4.98 Å². The number of carbonyl (C=O) groups is 1. The first-order valence-electron chi connectivity index (χ1n) is 6.02. The van der Waals surface area contributed by atoms with Crippen LogP contribution in [0.2, 0.25) is 5.02 Å². The fourth-order valence-electron chi connectivity index (χ4n) is 1.82. The van der Waals surface area contributed by atoms with Crippen LogP contribution < -0.4 is 10.6 Å². The van der Waals surface area contributed by atoms with Crippen molar-refractivity contribution in [2.45, 2.75) is 6.92 Å². The molecule has 6 heteroatoms. The second-order valence-corrected chi connectivity index (χ2v) is 4.50.